The molecular formula is C26H24N6O2. The van der Waals surface area contributed by atoms with Gasteiger partial charge >= 0.3 is 6.03 Å². The van der Waals surface area contributed by atoms with E-state index in [4.69, 9.17) is 5.73 Å². The highest BCUT2D eigenvalue weighted by Crippen LogP contribution is 2.41. The van der Waals surface area contributed by atoms with E-state index in [2.05, 4.69) is 20.6 Å². The normalized spacial score (nSPS) is 12.8. The second-order valence-corrected chi connectivity index (χ2v) is 8.21. The Morgan fingerprint density at radius 3 is 2.53 bits per heavy atom. The highest BCUT2D eigenvalue weighted by molar-refractivity contribution is 6.08. The number of carbonyl (C=O) groups excluding carboxylic acids is 2. The molecule has 0 saturated carbocycles. The first-order valence-corrected chi connectivity index (χ1v) is 11.1. The maximum atomic E-state index is 13.1. The Bertz CT molecular complexity index is 1390. The number of fused-ring (bicyclic) bond motifs is 1. The molecule has 0 unspecified atom stereocenters. The van der Waals surface area contributed by atoms with Crippen molar-refractivity contribution in [2.24, 2.45) is 7.05 Å². The number of anilines is 3. The van der Waals surface area contributed by atoms with Crippen molar-refractivity contribution in [3.8, 4) is 22.5 Å². The molecule has 8 nitrogen and oxygen atoms in total. The number of para-hydroxylation sites is 1. The number of hydrogen-bond acceptors (Lipinski definition) is 5. The van der Waals surface area contributed by atoms with Crippen molar-refractivity contribution in [1.82, 2.24) is 14.5 Å². The van der Waals surface area contributed by atoms with Crippen molar-refractivity contribution in [2.75, 3.05) is 16.4 Å². The predicted molar refractivity (Wildman–Crippen MR) is 133 cm³/mol. The molecule has 2 amide bonds. The van der Waals surface area contributed by atoms with Gasteiger partial charge in [-0.25, -0.2) is 14.8 Å². The molecule has 8 heteroatoms. The van der Waals surface area contributed by atoms with Crippen molar-refractivity contribution in [3.05, 3.63) is 78.1 Å². The molecule has 0 atom stereocenters. The Hall–Kier alpha value is -4.46. The van der Waals surface area contributed by atoms with Crippen LogP contribution in [0.1, 0.15) is 28.9 Å². The third-order valence-electron chi connectivity index (χ3n) is 5.97. The number of carbonyl (C=O) groups is 2. The summed E-state index contributed by atoms with van der Waals surface area (Å²) in [6.45, 7) is 0. The molecule has 2 aromatic heterocycles. The maximum Gasteiger partial charge on any atom is 0.323 e. The molecule has 0 spiro atoms. The number of nitrogens with one attached hydrogen (secondary N) is 2. The van der Waals surface area contributed by atoms with Gasteiger partial charge in [-0.15, -0.1) is 0 Å². The van der Waals surface area contributed by atoms with Crippen molar-refractivity contribution < 1.29 is 9.59 Å². The van der Waals surface area contributed by atoms with Gasteiger partial charge in [-0.1, -0.05) is 30.3 Å². The van der Waals surface area contributed by atoms with Gasteiger partial charge in [-0.3, -0.25) is 4.79 Å². The summed E-state index contributed by atoms with van der Waals surface area (Å²) in [4.78, 5) is 34.0. The highest BCUT2D eigenvalue weighted by atomic mass is 16.2. The van der Waals surface area contributed by atoms with E-state index in [9.17, 15) is 9.59 Å². The molecule has 4 N–H and O–H groups in total. The average molecular weight is 453 g/mol. The number of nitrogens with zero attached hydrogens (tertiary/aromatic N) is 3. The minimum Gasteiger partial charge on any atom is -0.368 e. The van der Waals surface area contributed by atoms with E-state index in [1.54, 1.807) is 12.3 Å². The fraction of sp³-hybridized carbons (Fsp3) is 0.154. The number of nitrogens with two attached hydrogens (primary N) is 1. The monoisotopic (exact) mass is 452 g/mol. The number of benzene rings is 2. The lowest BCUT2D eigenvalue weighted by Crippen LogP contribution is -2.19. The zero-order valence-electron chi connectivity index (χ0n) is 18.7. The number of aromatic nitrogens is 3. The lowest BCUT2D eigenvalue weighted by molar-refractivity contribution is 0.0972. The third-order valence-corrected chi connectivity index (χ3v) is 5.97. The molecule has 0 fully saturated rings. The number of amides is 2. The first kappa shape index (κ1) is 21.4. The van der Waals surface area contributed by atoms with E-state index >= 15 is 0 Å². The van der Waals surface area contributed by atoms with Gasteiger partial charge in [-0.2, -0.15) is 0 Å². The smallest absolute Gasteiger partial charge is 0.323 e. The lowest BCUT2D eigenvalue weighted by Gasteiger charge is -2.14. The van der Waals surface area contributed by atoms with E-state index in [1.165, 1.54) is 0 Å². The van der Waals surface area contributed by atoms with Crippen molar-refractivity contribution in [2.45, 2.75) is 19.3 Å². The second-order valence-electron chi connectivity index (χ2n) is 8.21. The first-order valence-electron chi connectivity index (χ1n) is 11.1. The van der Waals surface area contributed by atoms with Crippen LogP contribution in [0.2, 0.25) is 0 Å². The van der Waals surface area contributed by atoms with Crippen LogP contribution < -0.4 is 16.4 Å². The van der Waals surface area contributed by atoms with Gasteiger partial charge in [-0.05, 0) is 48.7 Å². The van der Waals surface area contributed by atoms with Crippen LogP contribution in [0.15, 0.2) is 66.9 Å². The summed E-state index contributed by atoms with van der Waals surface area (Å²) in [7, 11) is 1.95. The van der Waals surface area contributed by atoms with Crippen LogP contribution in [-0.2, 0) is 13.5 Å². The molecule has 2 aromatic carbocycles. The SMILES string of the molecule is Cn1c2c(c(-c3cccc(NC(=O)Nc4ccccc4)c3)c1-c1ccnc(N)n1)C(=O)CCC2. The van der Waals surface area contributed by atoms with E-state index in [0.29, 0.717) is 29.1 Å². The Kier molecular flexibility index (Phi) is 5.55. The molecule has 4 aromatic rings. The maximum absolute atomic E-state index is 13.1. The quantitative estimate of drug-likeness (QED) is 0.408. The summed E-state index contributed by atoms with van der Waals surface area (Å²) < 4.78 is 2.03. The molecule has 1 aliphatic rings. The van der Waals surface area contributed by atoms with Gasteiger partial charge in [0.2, 0.25) is 5.95 Å². The summed E-state index contributed by atoms with van der Waals surface area (Å²) in [6, 6.07) is 18.2. The van der Waals surface area contributed by atoms with Gasteiger partial charge in [0.15, 0.2) is 5.78 Å². The van der Waals surface area contributed by atoms with Gasteiger partial charge < -0.3 is 20.9 Å². The Morgan fingerprint density at radius 1 is 0.971 bits per heavy atom. The number of hydrogen-bond donors (Lipinski definition) is 3. The predicted octanol–water partition coefficient (Wildman–Crippen LogP) is 4.89. The summed E-state index contributed by atoms with van der Waals surface area (Å²) in [5.41, 5.74) is 11.9. The van der Waals surface area contributed by atoms with Crippen LogP contribution in [0, 0.1) is 0 Å². The second kappa shape index (κ2) is 8.82. The minimum atomic E-state index is -0.349. The molecule has 1 aliphatic carbocycles. The summed E-state index contributed by atoms with van der Waals surface area (Å²) in [5, 5.41) is 5.69. The summed E-state index contributed by atoms with van der Waals surface area (Å²) in [6.07, 6.45) is 3.74. The molecule has 2 heterocycles. The van der Waals surface area contributed by atoms with Crippen molar-refractivity contribution >= 4 is 29.1 Å². The molecule has 34 heavy (non-hydrogen) atoms. The first-order chi connectivity index (χ1) is 16.5. The number of Topliss-reactive ketones (excluding diaryl/α,β-unsaturated/α-hetero) is 1. The van der Waals surface area contributed by atoms with E-state index in [0.717, 1.165) is 35.4 Å². The van der Waals surface area contributed by atoms with E-state index in [-0.39, 0.29) is 17.8 Å². The Labute approximate surface area is 196 Å². The summed E-state index contributed by atoms with van der Waals surface area (Å²) in [5.74, 6) is 0.280. The zero-order chi connectivity index (χ0) is 23.7. The molecule has 0 saturated heterocycles. The van der Waals surface area contributed by atoms with E-state index in [1.807, 2.05) is 66.2 Å². The zero-order valence-corrected chi connectivity index (χ0v) is 18.7. The molecule has 0 bridgehead atoms. The fourth-order valence-corrected chi connectivity index (χ4v) is 4.52. The minimum absolute atomic E-state index is 0.111. The van der Waals surface area contributed by atoms with Crippen LogP contribution in [0.5, 0.6) is 0 Å². The topological polar surface area (TPSA) is 115 Å². The average Bonchev–Trinajstić information content (AvgIpc) is 3.13. The van der Waals surface area contributed by atoms with Gasteiger partial charge in [0.1, 0.15) is 0 Å². The van der Waals surface area contributed by atoms with Gasteiger partial charge in [0.25, 0.3) is 0 Å². The van der Waals surface area contributed by atoms with Crippen LogP contribution in [0.3, 0.4) is 0 Å². The molecule has 5 rings (SSSR count). The lowest BCUT2D eigenvalue weighted by atomic mass is 9.89. The van der Waals surface area contributed by atoms with Crippen LogP contribution in [-0.4, -0.2) is 26.3 Å². The third kappa shape index (κ3) is 4.01. The fourth-order valence-electron chi connectivity index (χ4n) is 4.52. The Balaban J connectivity index is 1.57. The van der Waals surface area contributed by atoms with Crippen molar-refractivity contribution in [1.29, 1.82) is 0 Å². The number of rotatable bonds is 4. The standard InChI is InChI=1S/C26H24N6O2/c1-32-20-11-6-12-21(33)23(20)22(24(32)19-13-14-28-25(27)31-19)16-7-5-10-18(15-16)30-26(34)29-17-8-3-2-4-9-17/h2-5,7-10,13-15H,6,11-12H2,1H3,(H2,27,28,31)(H2,29,30,34). The van der Waals surface area contributed by atoms with Gasteiger partial charge in [0, 0.05) is 47.9 Å². The largest absolute Gasteiger partial charge is 0.368 e. The Morgan fingerprint density at radius 2 is 1.74 bits per heavy atom. The van der Waals surface area contributed by atoms with Crippen LogP contribution in [0.25, 0.3) is 22.5 Å². The van der Waals surface area contributed by atoms with Gasteiger partial charge in [0.05, 0.1) is 11.4 Å². The molecular weight excluding hydrogens is 428 g/mol. The van der Waals surface area contributed by atoms with Crippen molar-refractivity contribution in [3.63, 3.8) is 0 Å². The number of nitrogen functional groups attached to an aromatic ring is 1. The molecule has 0 aliphatic heterocycles. The highest BCUT2D eigenvalue weighted by Gasteiger charge is 2.30. The molecule has 170 valence electrons. The van der Waals surface area contributed by atoms with E-state index < -0.39 is 0 Å². The number of urea groups is 1. The van der Waals surface area contributed by atoms with Crippen LogP contribution in [0.4, 0.5) is 22.1 Å². The molecule has 0 radical (unpaired) electrons. The number of ketones is 1. The van der Waals surface area contributed by atoms with Crippen LogP contribution >= 0.6 is 0 Å². The summed E-state index contributed by atoms with van der Waals surface area (Å²) >= 11 is 0.